The highest BCUT2D eigenvalue weighted by Crippen LogP contribution is 2.23. The molecule has 2 rings (SSSR count). The molecule has 8 heteroatoms. The van der Waals surface area contributed by atoms with Gasteiger partial charge < -0.3 is 5.32 Å². The van der Waals surface area contributed by atoms with E-state index in [1.165, 1.54) is 0 Å². The van der Waals surface area contributed by atoms with Crippen LogP contribution in [0, 0.1) is 17.0 Å². The summed E-state index contributed by atoms with van der Waals surface area (Å²) in [6.07, 6.45) is 1.00. The topological polar surface area (TPSA) is 85.1 Å². The highest BCUT2D eigenvalue weighted by molar-refractivity contribution is 9.10. The van der Waals surface area contributed by atoms with Crippen molar-refractivity contribution in [3.05, 3.63) is 61.3 Å². The van der Waals surface area contributed by atoms with Gasteiger partial charge in [0, 0.05) is 16.2 Å². The molecule has 0 radical (unpaired) electrons. The minimum atomic E-state index is -0.635. The first-order valence-corrected chi connectivity index (χ1v) is 6.93. The van der Waals surface area contributed by atoms with E-state index >= 15 is 0 Å². The maximum absolute atomic E-state index is 12.1. The Kier molecular flexibility index (Phi) is 4.54. The predicted octanol–water partition coefficient (Wildman–Crippen LogP) is 3.97. The molecule has 108 valence electrons. The summed E-state index contributed by atoms with van der Waals surface area (Å²) in [6.45, 7) is 1.88. The summed E-state index contributed by atoms with van der Waals surface area (Å²) in [7, 11) is 0. The fraction of sp³-hybridized carbons (Fsp3) is 0.0769. The van der Waals surface area contributed by atoms with Crippen LogP contribution in [0.2, 0.25) is 5.15 Å². The second kappa shape index (κ2) is 6.19. The molecule has 1 amide bonds. The van der Waals surface area contributed by atoms with Crippen LogP contribution in [0.3, 0.4) is 0 Å². The molecule has 0 atom stereocenters. The average Bonchev–Trinajstić information content (AvgIpc) is 2.43. The van der Waals surface area contributed by atoms with Crippen molar-refractivity contribution in [1.82, 2.24) is 4.98 Å². The molecular formula is C13H9BrClN3O3. The van der Waals surface area contributed by atoms with Crippen LogP contribution in [0.4, 0.5) is 11.4 Å². The molecule has 1 aromatic heterocycles. The van der Waals surface area contributed by atoms with Crippen LogP contribution in [-0.4, -0.2) is 15.8 Å². The number of nitrogens with one attached hydrogen (secondary N) is 1. The molecule has 1 N–H and O–H groups in total. The highest BCUT2D eigenvalue weighted by Gasteiger charge is 2.17. The first kappa shape index (κ1) is 15.4. The van der Waals surface area contributed by atoms with Gasteiger partial charge in [0.2, 0.25) is 0 Å². The molecule has 0 bridgehead atoms. The van der Waals surface area contributed by atoms with Crippen LogP contribution >= 0.6 is 27.5 Å². The van der Waals surface area contributed by atoms with Gasteiger partial charge >= 0.3 is 0 Å². The summed E-state index contributed by atoms with van der Waals surface area (Å²) >= 11 is 9.18. The number of pyridine rings is 1. The number of hydrogen-bond acceptors (Lipinski definition) is 4. The molecule has 0 saturated heterocycles. The molecule has 21 heavy (non-hydrogen) atoms. The Morgan fingerprint density at radius 3 is 2.76 bits per heavy atom. The van der Waals surface area contributed by atoms with Crippen LogP contribution < -0.4 is 5.32 Å². The van der Waals surface area contributed by atoms with Gasteiger partial charge in [-0.1, -0.05) is 27.5 Å². The van der Waals surface area contributed by atoms with Gasteiger partial charge in [-0.2, -0.15) is 0 Å². The van der Waals surface area contributed by atoms with Crippen molar-refractivity contribution in [2.75, 3.05) is 5.32 Å². The number of nitro groups is 1. The van der Waals surface area contributed by atoms with Crippen LogP contribution in [0.1, 0.15) is 15.9 Å². The number of aromatic nitrogens is 1. The number of carbonyl (C=O) groups is 1. The molecule has 1 heterocycles. The summed E-state index contributed by atoms with van der Waals surface area (Å²) < 4.78 is 0.913. The molecule has 2 aromatic rings. The molecule has 0 aliphatic carbocycles. The number of anilines is 1. The molecule has 0 unspecified atom stereocenters. The first-order valence-electron chi connectivity index (χ1n) is 5.76. The Labute approximate surface area is 133 Å². The molecule has 0 fully saturated rings. The van der Waals surface area contributed by atoms with E-state index < -0.39 is 10.8 Å². The van der Waals surface area contributed by atoms with E-state index in [0.717, 1.165) is 22.3 Å². The van der Waals surface area contributed by atoms with E-state index in [1.807, 2.05) is 6.92 Å². The van der Waals surface area contributed by atoms with E-state index in [4.69, 9.17) is 11.6 Å². The second-order valence-corrected chi connectivity index (χ2v) is 5.42. The second-order valence-electron chi connectivity index (χ2n) is 4.21. The van der Waals surface area contributed by atoms with Gasteiger partial charge in [0.05, 0.1) is 10.5 Å². The smallest absolute Gasteiger partial charge is 0.288 e. The van der Waals surface area contributed by atoms with Gasteiger partial charge in [0.15, 0.2) is 0 Å². The van der Waals surface area contributed by atoms with Crippen molar-refractivity contribution in [3.8, 4) is 0 Å². The average molecular weight is 371 g/mol. The van der Waals surface area contributed by atoms with E-state index in [0.29, 0.717) is 5.69 Å². The maximum atomic E-state index is 12.1. The molecule has 0 saturated carbocycles. The van der Waals surface area contributed by atoms with Gasteiger partial charge in [0.25, 0.3) is 11.6 Å². The zero-order valence-corrected chi connectivity index (χ0v) is 13.1. The zero-order valence-electron chi connectivity index (χ0n) is 10.8. The summed E-state index contributed by atoms with van der Waals surface area (Å²) in [5.74, 6) is -0.557. The van der Waals surface area contributed by atoms with Crippen LogP contribution in [0.5, 0.6) is 0 Å². The van der Waals surface area contributed by atoms with Gasteiger partial charge in [0.1, 0.15) is 11.3 Å². The van der Waals surface area contributed by atoms with E-state index in [2.05, 4.69) is 26.2 Å². The minimum absolute atomic E-state index is 0.0496. The SMILES string of the molecule is Cc1cc(NC(=O)c2cc([N+](=O)[O-])cnc2Cl)ccc1Br. The van der Waals surface area contributed by atoms with Crippen molar-refractivity contribution in [2.24, 2.45) is 0 Å². The fourth-order valence-electron chi connectivity index (χ4n) is 1.62. The Hall–Kier alpha value is -1.99. The summed E-state index contributed by atoms with van der Waals surface area (Å²) in [4.78, 5) is 25.9. The Balaban J connectivity index is 2.29. The number of benzene rings is 1. The van der Waals surface area contributed by atoms with Crippen molar-refractivity contribution >= 4 is 44.8 Å². The molecule has 0 aliphatic rings. The lowest BCUT2D eigenvalue weighted by molar-refractivity contribution is -0.385. The lowest BCUT2D eigenvalue weighted by Crippen LogP contribution is -2.13. The van der Waals surface area contributed by atoms with Crippen LogP contribution in [0.25, 0.3) is 0 Å². The van der Waals surface area contributed by atoms with Gasteiger partial charge in [-0.25, -0.2) is 4.98 Å². The third-order valence-corrected chi connectivity index (χ3v) is 3.89. The molecular weight excluding hydrogens is 362 g/mol. The number of carbonyl (C=O) groups excluding carboxylic acids is 1. The lowest BCUT2D eigenvalue weighted by Gasteiger charge is -2.08. The number of amides is 1. The summed E-state index contributed by atoms with van der Waals surface area (Å²) in [6, 6.07) is 6.35. The minimum Gasteiger partial charge on any atom is -0.322 e. The third kappa shape index (κ3) is 3.56. The number of hydrogen-bond donors (Lipinski definition) is 1. The van der Waals surface area contributed by atoms with Crippen molar-refractivity contribution < 1.29 is 9.72 Å². The standard InChI is InChI=1S/C13H9BrClN3O3/c1-7-4-8(2-3-11(7)14)17-13(19)10-5-9(18(20)21)6-16-12(10)15/h2-6H,1H3,(H,17,19). The normalized spacial score (nSPS) is 10.2. The van der Waals surface area contributed by atoms with E-state index in [1.54, 1.807) is 18.2 Å². The number of halogens is 2. The molecule has 6 nitrogen and oxygen atoms in total. The Morgan fingerprint density at radius 2 is 2.14 bits per heavy atom. The first-order chi connectivity index (χ1) is 9.88. The van der Waals surface area contributed by atoms with Crippen LogP contribution in [-0.2, 0) is 0 Å². The predicted molar refractivity (Wildman–Crippen MR) is 82.7 cm³/mol. The number of nitrogens with zero attached hydrogens (tertiary/aromatic N) is 2. The molecule has 0 spiro atoms. The summed E-state index contributed by atoms with van der Waals surface area (Å²) in [5, 5.41) is 13.2. The molecule has 1 aromatic carbocycles. The van der Waals surface area contributed by atoms with Crippen molar-refractivity contribution in [1.29, 1.82) is 0 Å². The van der Waals surface area contributed by atoms with Crippen molar-refractivity contribution in [3.63, 3.8) is 0 Å². The Morgan fingerprint density at radius 1 is 1.43 bits per heavy atom. The summed E-state index contributed by atoms with van der Waals surface area (Å²) in [5.41, 5.74) is 1.15. The van der Waals surface area contributed by atoms with Crippen LogP contribution in [0.15, 0.2) is 34.9 Å². The van der Waals surface area contributed by atoms with Gasteiger partial charge in [-0.05, 0) is 30.7 Å². The monoisotopic (exact) mass is 369 g/mol. The number of aryl methyl sites for hydroxylation is 1. The largest absolute Gasteiger partial charge is 0.322 e. The zero-order chi connectivity index (χ0) is 15.6. The molecule has 0 aliphatic heterocycles. The maximum Gasteiger partial charge on any atom is 0.288 e. The Bertz CT molecular complexity index is 737. The number of rotatable bonds is 3. The lowest BCUT2D eigenvalue weighted by atomic mass is 10.2. The van der Waals surface area contributed by atoms with E-state index in [-0.39, 0.29) is 16.4 Å². The van der Waals surface area contributed by atoms with E-state index in [9.17, 15) is 14.9 Å². The highest BCUT2D eigenvalue weighted by atomic mass is 79.9. The fourth-order valence-corrected chi connectivity index (χ4v) is 2.05. The quantitative estimate of drug-likeness (QED) is 0.503. The third-order valence-electron chi connectivity index (χ3n) is 2.70. The van der Waals surface area contributed by atoms with Gasteiger partial charge in [-0.15, -0.1) is 0 Å². The van der Waals surface area contributed by atoms with Gasteiger partial charge in [-0.3, -0.25) is 14.9 Å². The van der Waals surface area contributed by atoms with Crippen molar-refractivity contribution in [2.45, 2.75) is 6.92 Å².